The van der Waals surface area contributed by atoms with Gasteiger partial charge in [-0.2, -0.15) is 0 Å². The van der Waals surface area contributed by atoms with E-state index in [0.29, 0.717) is 6.61 Å². The fourth-order valence-corrected chi connectivity index (χ4v) is 2.91. The van der Waals surface area contributed by atoms with Gasteiger partial charge in [0.15, 0.2) is 0 Å². The molecule has 0 amide bonds. The highest BCUT2D eigenvalue weighted by molar-refractivity contribution is 7.12. The number of thiophene rings is 1. The van der Waals surface area contributed by atoms with Gasteiger partial charge in [-0.3, -0.25) is 0 Å². The number of ether oxygens (including phenoxy) is 2. The molecule has 16 heavy (non-hydrogen) atoms. The van der Waals surface area contributed by atoms with Gasteiger partial charge in [-0.15, -0.1) is 11.3 Å². The predicted octanol–water partition coefficient (Wildman–Crippen LogP) is 2.25. The summed E-state index contributed by atoms with van der Waals surface area (Å²) in [5, 5.41) is 0. The van der Waals surface area contributed by atoms with E-state index in [2.05, 4.69) is 19.1 Å². The van der Waals surface area contributed by atoms with Gasteiger partial charge in [0.2, 0.25) is 0 Å². The Morgan fingerprint density at radius 3 is 2.88 bits per heavy atom. The van der Waals surface area contributed by atoms with Crippen molar-refractivity contribution in [3.8, 4) is 0 Å². The van der Waals surface area contributed by atoms with Gasteiger partial charge in [-0.05, 0) is 32.4 Å². The molecule has 3 nitrogen and oxygen atoms in total. The van der Waals surface area contributed by atoms with E-state index in [1.54, 1.807) is 11.3 Å². The summed E-state index contributed by atoms with van der Waals surface area (Å²) in [5.41, 5.74) is 6.00. The molecule has 1 aliphatic rings. The molecule has 0 aliphatic carbocycles. The molecule has 0 bridgehead atoms. The van der Waals surface area contributed by atoms with E-state index in [1.165, 1.54) is 9.75 Å². The number of hydrogen-bond donors (Lipinski definition) is 1. The molecule has 0 radical (unpaired) electrons. The van der Waals surface area contributed by atoms with Crippen molar-refractivity contribution in [2.24, 2.45) is 5.73 Å². The maximum absolute atomic E-state index is 6.03. The maximum atomic E-state index is 6.03. The van der Waals surface area contributed by atoms with Gasteiger partial charge in [0, 0.05) is 22.4 Å². The Hall–Kier alpha value is -0.420. The molecule has 2 N–H and O–H groups in total. The zero-order chi connectivity index (χ0) is 11.5. The highest BCUT2D eigenvalue weighted by atomic mass is 32.1. The van der Waals surface area contributed by atoms with Crippen LogP contribution in [0.5, 0.6) is 0 Å². The normalized spacial score (nSPS) is 24.6. The molecule has 1 saturated heterocycles. The third-order valence-electron chi connectivity index (χ3n) is 2.75. The van der Waals surface area contributed by atoms with E-state index >= 15 is 0 Å². The number of hydrogen-bond acceptors (Lipinski definition) is 4. The maximum Gasteiger partial charge on any atom is 0.107 e. The number of rotatable bonds is 4. The Morgan fingerprint density at radius 2 is 2.38 bits per heavy atom. The molecule has 4 heteroatoms. The minimum Gasteiger partial charge on any atom is -0.379 e. The summed E-state index contributed by atoms with van der Waals surface area (Å²) in [6, 6.07) is 4.24. The van der Waals surface area contributed by atoms with Crippen LogP contribution in [0.2, 0.25) is 0 Å². The van der Waals surface area contributed by atoms with Crippen molar-refractivity contribution in [2.75, 3.05) is 13.2 Å². The lowest BCUT2D eigenvalue weighted by atomic mass is 10.1. The molecule has 1 aromatic rings. The Labute approximate surface area is 101 Å². The summed E-state index contributed by atoms with van der Waals surface area (Å²) in [6.45, 7) is 5.61. The summed E-state index contributed by atoms with van der Waals surface area (Å²) in [7, 11) is 0. The minimum atomic E-state index is 0.00500. The van der Waals surface area contributed by atoms with Crippen molar-refractivity contribution in [2.45, 2.75) is 38.5 Å². The monoisotopic (exact) mass is 241 g/mol. The molecule has 3 atom stereocenters. The molecule has 1 aliphatic heterocycles. The third-order valence-corrected chi connectivity index (χ3v) is 3.81. The molecule has 1 fully saturated rings. The van der Waals surface area contributed by atoms with Crippen molar-refractivity contribution in [1.29, 1.82) is 0 Å². The first-order chi connectivity index (χ1) is 7.66. The fourth-order valence-electron chi connectivity index (χ4n) is 1.88. The van der Waals surface area contributed by atoms with E-state index in [0.717, 1.165) is 13.0 Å². The molecule has 2 rings (SSSR count). The van der Waals surface area contributed by atoms with Gasteiger partial charge in [0.05, 0.1) is 12.7 Å². The largest absolute Gasteiger partial charge is 0.379 e. The quantitative estimate of drug-likeness (QED) is 0.879. The Bertz CT molecular complexity index is 332. The average molecular weight is 241 g/mol. The topological polar surface area (TPSA) is 44.5 Å². The molecule has 2 heterocycles. The third kappa shape index (κ3) is 2.83. The molecule has 90 valence electrons. The lowest BCUT2D eigenvalue weighted by molar-refractivity contribution is -0.0251. The van der Waals surface area contributed by atoms with Crippen LogP contribution in [0.25, 0.3) is 0 Å². The molecule has 0 saturated carbocycles. The second-order valence-corrected chi connectivity index (χ2v) is 5.67. The van der Waals surface area contributed by atoms with Crippen LogP contribution in [0, 0.1) is 6.92 Å². The summed E-state index contributed by atoms with van der Waals surface area (Å²) in [5.74, 6) is 0. The number of aryl methyl sites for hydroxylation is 1. The van der Waals surface area contributed by atoms with Gasteiger partial charge < -0.3 is 15.2 Å². The Balaban J connectivity index is 2.04. The van der Waals surface area contributed by atoms with Crippen molar-refractivity contribution in [3.05, 3.63) is 21.9 Å². The molecular formula is C12H19NO2S. The Morgan fingerprint density at radius 1 is 1.56 bits per heavy atom. The lowest BCUT2D eigenvalue weighted by Gasteiger charge is -2.23. The standard InChI is InChI=1S/C12H19NO2S/c1-8-3-4-11(16-8)12(9(2)13)15-10-5-6-14-7-10/h3-4,9-10,12H,5-7,13H2,1-2H3. The minimum absolute atomic E-state index is 0.00500. The van der Waals surface area contributed by atoms with Gasteiger partial charge in [-0.1, -0.05) is 0 Å². The van der Waals surface area contributed by atoms with Crippen LogP contribution in [-0.2, 0) is 9.47 Å². The SMILES string of the molecule is Cc1ccc(C(OC2CCOC2)C(C)N)s1. The van der Waals surface area contributed by atoms with Crippen LogP contribution in [0.1, 0.15) is 29.2 Å². The first kappa shape index (κ1) is 12.0. The zero-order valence-electron chi connectivity index (χ0n) is 9.81. The van der Waals surface area contributed by atoms with Crippen LogP contribution < -0.4 is 5.73 Å². The van der Waals surface area contributed by atoms with E-state index < -0.39 is 0 Å². The van der Waals surface area contributed by atoms with Crippen molar-refractivity contribution in [1.82, 2.24) is 0 Å². The van der Waals surface area contributed by atoms with E-state index in [4.69, 9.17) is 15.2 Å². The summed E-state index contributed by atoms with van der Waals surface area (Å²) >= 11 is 1.76. The first-order valence-electron chi connectivity index (χ1n) is 5.72. The highest BCUT2D eigenvalue weighted by Crippen LogP contribution is 2.30. The van der Waals surface area contributed by atoms with E-state index in [9.17, 15) is 0 Å². The molecule has 0 aromatic carbocycles. The molecule has 1 aromatic heterocycles. The van der Waals surface area contributed by atoms with Crippen molar-refractivity contribution >= 4 is 11.3 Å². The zero-order valence-corrected chi connectivity index (χ0v) is 10.6. The smallest absolute Gasteiger partial charge is 0.107 e. The summed E-state index contributed by atoms with van der Waals surface area (Å²) in [6.07, 6.45) is 1.19. The highest BCUT2D eigenvalue weighted by Gasteiger charge is 2.25. The predicted molar refractivity (Wildman–Crippen MR) is 65.8 cm³/mol. The van der Waals surface area contributed by atoms with Gasteiger partial charge >= 0.3 is 0 Å². The van der Waals surface area contributed by atoms with Gasteiger partial charge in [0.25, 0.3) is 0 Å². The first-order valence-corrected chi connectivity index (χ1v) is 6.53. The summed E-state index contributed by atoms with van der Waals surface area (Å²) in [4.78, 5) is 2.52. The van der Waals surface area contributed by atoms with Crippen LogP contribution in [0.15, 0.2) is 12.1 Å². The van der Waals surface area contributed by atoms with Gasteiger partial charge in [0.1, 0.15) is 6.10 Å². The molecular weight excluding hydrogens is 222 g/mol. The Kier molecular flexibility index (Phi) is 3.97. The summed E-state index contributed by atoms with van der Waals surface area (Å²) < 4.78 is 11.3. The van der Waals surface area contributed by atoms with E-state index in [-0.39, 0.29) is 18.2 Å². The lowest BCUT2D eigenvalue weighted by Crippen LogP contribution is -2.30. The van der Waals surface area contributed by atoms with Crippen LogP contribution in [0.3, 0.4) is 0 Å². The van der Waals surface area contributed by atoms with Crippen LogP contribution >= 0.6 is 11.3 Å². The fraction of sp³-hybridized carbons (Fsp3) is 0.667. The van der Waals surface area contributed by atoms with Gasteiger partial charge in [-0.25, -0.2) is 0 Å². The molecule has 3 unspecified atom stereocenters. The van der Waals surface area contributed by atoms with Crippen molar-refractivity contribution in [3.63, 3.8) is 0 Å². The second-order valence-electron chi connectivity index (χ2n) is 4.35. The second kappa shape index (κ2) is 5.27. The van der Waals surface area contributed by atoms with Crippen LogP contribution in [-0.4, -0.2) is 25.4 Å². The molecule has 0 spiro atoms. The van der Waals surface area contributed by atoms with Crippen LogP contribution in [0.4, 0.5) is 0 Å². The number of nitrogens with two attached hydrogens (primary N) is 1. The van der Waals surface area contributed by atoms with E-state index in [1.807, 2.05) is 6.92 Å². The van der Waals surface area contributed by atoms with Crippen molar-refractivity contribution < 1.29 is 9.47 Å². The average Bonchev–Trinajstić information content (AvgIpc) is 2.84.